The van der Waals surface area contributed by atoms with Crippen LogP contribution >= 0.6 is 15.9 Å². The van der Waals surface area contributed by atoms with E-state index in [0.29, 0.717) is 27.5 Å². The van der Waals surface area contributed by atoms with Gasteiger partial charge in [-0.1, -0.05) is 12.2 Å². The van der Waals surface area contributed by atoms with Crippen molar-refractivity contribution in [3.8, 4) is 28.7 Å². The van der Waals surface area contributed by atoms with E-state index in [0.717, 1.165) is 11.1 Å². The average Bonchev–Trinajstić information content (AvgIpc) is 2.61. The fraction of sp³-hybridized carbons (Fsp3) is 0.222. The number of hydrogen-bond acceptors (Lipinski definition) is 5. The molecule has 1 N–H and O–H groups in total. The van der Waals surface area contributed by atoms with E-state index >= 15 is 0 Å². The van der Waals surface area contributed by atoms with Crippen molar-refractivity contribution in [2.75, 3.05) is 28.4 Å². The van der Waals surface area contributed by atoms with E-state index in [1.807, 2.05) is 30.4 Å². The summed E-state index contributed by atoms with van der Waals surface area (Å²) in [7, 11) is 6.21. The number of rotatable bonds is 6. The van der Waals surface area contributed by atoms with Crippen LogP contribution in [0.1, 0.15) is 11.1 Å². The van der Waals surface area contributed by atoms with Crippen molar-refractivity contribution in [3.63, 3.8) is 0 Å². The largest absolute Gasteiger partial charge is 0.503 e. The van der Waals surface area contributed by atoms with E-state index in [1.165, 1.54) is 7.11 Å². The standard InChI is InChI=1S/C18H19BrO5/c1-21-13-8-7-12(16(19)17(13)20)6-5-11-9-14(22-2)18(24-4)15(10-11)23-3/h5-10,20H,1-4H3/b6-5+. The summed E-state index contributed by atoms with van der Waals surface area (Å²) in [5.74, 6) is 2.16. The Bertz CT molecular complexity index is 730. The van der Waals surface area contributed by atoms with Gasteiger partial charge in [-0.25, -0.2) is 0 Å². The summed E-state index contributed by atoms with van der Waals surface area (Å²) in [5.41, 5.74) is 1.67. The molecule has 2 aromatic rings. The lowest BCUT2D eigenvalue weighted by Crippen LogP contribution is -1.95. The van der Waals surface area contributed by atoms with E-state index < -0.39 is 0 Å². The third-order valence-corrected chi connectivity index (χ3v) is 4.30. The molecule has 0 aliphatic carbocycles. The van der Waals surface area contributed by atoms with Crippen LogP contribution in [0.4, 0.5) is 0 Å². The molecule has 0 radical (unpaired) electrons. The number of methoxy groups -OCH3 is 4. The van der Waals surface area contributed by atoms with Gasteiger partial charge >= 0.3 is 0 Å². The molecular weight excluding hydrogens is 376 g/mol. The first-order chi connectivity index (χ1) is 11.5. The van der Waals surface area contributed by atoms with E-state index in [9.17, 15) is 5.11 Å². The van der Waals surface area contributed by atoms with Crippen molar-refractivity contribution in [1.29, 1.82) is 0 Å². The van der Waals surface area contributed by atoms with Crippen molar-refractivity contribution >= 4 is 28.1 Å². The molecule has 0 fully saturated rings. The second kappa shape index (κ2) is 7.97. The monoisotopic (exact) mass is 394 g/mol. The minimum Gasteiger partial charge on any atom is -0.503 e. The van der Waals surface area contributed by atoms with Crippen LogP contribution in [-0.2, 0) is 0 Å². The van der Waals surface area contributed by atoms with Crippen LogP contribution in [-0.4, -0.2) is 33.5 Å². The summed E-state index contributed by atoms with van der Waals surface area (Å²) in [4.78, 5) is 0. The smallest absolute Gasteiger partial charge is 0.203 e. The van der Waals surface area contributed by atoms with Gasteiger partial charge in [0, 0.05) is 0 Å². The van der Waals surface area contributed by atoms with Gasteiger partial charge in [0.25, 0.3) is 0 Å². The molecule has 0 saturated heterocycles. The van der Waals surface area contributed by atoms with Crippen LogP contribution in [0.3, 0.4) is 0 Å². The van der Waals surface area contributed by atoms with Gasteiger partial charge in [-0.15, -0.1) is 0 Å². The number of phenols is 1. The van der Waals surface area contributed by atoms with Gasteiger partial charge in [0.2, 0.25) is 5.75 Å². The third-order valence-electron chi connectivity index (χ3n) is 3.47. The average molecular weight is 395 g/mol. The van der Waals surface area contributed by atoms with Crippen LogP contribution in [0.25, 0.3) is 12.2 Å². The highest BCUT2D eigenvalue weighted by Crippen LogP contribution is 2.40. The number of halogens is 1. The first kappa shape index (κ1) is 18.0. The number of aromatic hydroxyl groups is 1. The molecule has 0 unspecified atom stereocenters. The maximum atomic E-state index is 10.0. The van der Waals surface area contributed by atoms with Crippen molar-refractivity contribution in [1.82, 2.24) is 0 Å². The maximum absolute atomic E-state index is 10.0. The predicted octanol–water partition coefficient (Wildman–Crippen LogP) is 4.36. The Kier molecular flexibility index (Phi) is 5.98. The van der Waals surface area contributed by atoms with Crippen molar-refractivity contribution in [2.24, 2.45) is 0 Å². The van der Waals surface area contributed by atoms with Crippen LogP contribution < -0.4 is 18.9 Å². The Labute approximate surface area is 149 Å². The topological polar surface area (TPSA) is 57.2 Å². The Hall–Kier alpha value is -2.34. The lowest BCUT2D eigenvalue weighted by Gasteiger charge is -2.13. The molecule has 0 saturated carbocycles. The summed E-state index contributed by atoms with van der Waals surface area (Å²) >= 11 is 3.37. The zero-order valence-corrected chi connectivity index (χ0v) is 15.5. The highest BCUT2D eigenvalue weighted by Gasteiger charge is 2.12. The van der Waals surface area contributed by atoms with E-state index in [-0.39, 0.29) is 5.75 Å². The molecular formula is C18H19BrO5. The Balaban J connectivity index is 2.41. The SMILES string of the molecule is COc1ccc(/C=C/c2cc(OC)c(OC)c(OC)c2)c(Br)c1O. The van der Waals surface area contributed by atoms with Crippen LogP contribution in [0, 0.1) is 0 Å². The van der Waals surface area contributed by atoms with Crippen molar-refractivity contribution in [2.45, 2.75) is 0 Å². The Morgan fingerprint density at radius 1 is 0.833 bits per heavy atom. The molecule has 2 aromatic carbocycles. The Morgan fingerprint density at radius 3 is 1.92 bits per heavy atom. The minimum atomic E-state index is 0.0598. The molecule has 5 nitrogen and oxygen atoms in total. The summed E-state index contributed by atoms with van der Waals surface area (Å²) < 4.78 is 21.6. The first-order valence-corrected chi connectivity index (χ1v) is 7.88. The zero-order valence-electron chi connectivity index (χ0n) is 13.9. The second-order valence-corrected chi connectivity index (χ2v) is 5.60. The quantitative estimate of drug-likeness (QED) is 0.737. The molecule has 24 heavy (non-hydrogen) atoms. The van der Waals surface area contributed by atoms with Gasteiger partial charge < -0.3 is 24.1 Å². The van der Waals surface area contributed by atoms with E-state index in [4.69, 9.17) is 18.9 Å². The van der Waals surface area contributed by atoms with Gasteiger partial charge in [0.15, 0.2) is 23.0 Å². The normalized spacial score (nSPS) is 10.7. The summed E-state index contributed by atoms with van der Waals surface area (Å²) in [5, 5.41) is 10.0. The number of hydrogen-bond donors (Lipinski definition) is 1. The van der Waals surface area contributed by atoms with Crippen molar-refractivity contribution in [3.05, 3.63) is 39.9 Å². The second-order valence-electron chi connectivity index (χ2n) is 4.81. The number of ether oxygens (including phenoxy) is 4. The van der Waals surface area contributed by atoms with Gasteiger partial charge in [0.1, 0.15) is 0 Å². The van der Waals surface area contributed by atoms with Gasteiger partial charge in [-0.2, -0.15) is 0 Å². The highest BCUT2D eigenvalue weighted by molar-refractivity contribution is 9.10. The Morgan fingerprint density at radius 2 is 1.42 bits per heavy atom. The van der Waals surface area contributed by atoms with E-state index in [1.54, 1.807) is 27.4 Å². The summed E-state index contributed by atoms with van der Waals surface area (Å²) in [6.07, 6.45) is 3.75. The molecule has 0 aliphatic rings. The van der Waals surface area contributed by atoms with Gasteiger partial charge in [0.05, 0.1) is 32.9 Å². The van der Waals surface area contributed by atoms with Crippen LogP contribution in [0.5, 0.6) is 28.7 Å². The molecule has 0 heterocycles. The fourth-order valence-electron chi connectivity index (χ4n) is 2.24. The zero-order chi connectivity index (χ0) is 17.7. The van der Waals surface area contributed by atoms with Gasteiger partial charge in [-0.05, 0) is 51.3 Å². The molecule has 128 valence electrons. The predicted molar refractivity (Wildman–Crippen MR) is 97.4 cm³/mol. The van der Waals surface area contributed by atoms with Crippen molar-refractivity contribution < 1.29 is 24.1 Å². The molecule has 0 amide bonds. The summed E-state index contributed by atoms with van der Waals surface area (Å²) in [6.45, 7) is 0. The van der Waals surface area contributed by atoms with Gasteiger partial charge in [-0.3, -0.25) is 0 Å². The van der Waals surface area contributed by atoms with E-state index in [2.05, 4.69) is 15.9 Å². The lowest BCUT2D eigenvalue weighted by molar-refractivity contribution is 0.324. The first-order valence-electron chi connectivity index (χ1n) is 7.09. The lowest BCUT2D eigenvalue weighted by atomic mass is 10.1. The minimum absolute atomic E-state index is 0.0598. The maximum Gasteiger partial charge on any atom is 0.203 e. The molecule has 0 aliphatic heterocycles. The number of phenolic OH excluding ortho intramolecular Hbond substituents is 1. The summed E-state index contributed by atoms with van der Waals surface area (Å²) in [6, 6.07) is 7.23. The molecule has 0 bridgehead atoms. The van der Waals surface area contributed by atoms with Crippen LogP contribution in [0.2, 0.25) is 0 Å². The fourth-order valence-corrected chi connectivity index (χ4v) is 2.70. The third kappa shape index (κ3) is 3.59. The highest BCUT2D eigenvalue weighted by atomic mass is 79.9. The molecule has 0 atom stereocenters. The number of benzene rings is 2. The molecule has 0 spiro atoms. The molecule has 6 heteroatoms. The van der Waals surface area contributed by atoms with Crippen LogP contribution in [0.15, 0.2) is 28.7 Å². The molecule has 2 rings (SSSR count). The molecule has 0 aromatic heterocycles.